The Balaban J connectivity index is 1.96. The molecule has 2 rings (SSSR count). The lowest BCUT2D eigenvalue weighted by molar-refractivity contribution is 0.0600. The van der Waals surface area contributed by atoms with E-state index in [9.17, 15) is 4.79 Å². The maximum atomic E-state index is 11.4. The second-order valence-corrected chi connectivity index (χ2v) is 5.35. The van der Waals surface area contributed by atoms with Crippen LogP contribution in [-0.4, -0.2) is 23.0 Å². The fourth-order valence-corrected chi connectivity index (χ4v) is 2.38. The van der Waals surface area contributed by atoms with Gasteiger partial charge in [-0.25, -0.2) is 14.8 Å². The molecule has 0 saturated carbocycles. The standard InChI is InChI=1S/C15H16BrN3O2/c1-10-18-6-5-13(19-10)9-17-8-12-4-3-11(7-14(12)16)15(20)21-2/h3-7,17H,8-9H2,1-2H3. The van der Waals surface area contributed by atoms with Gasteiger partial charge in [0.15, 0.2) is 0 Å². The number of methoxy groups -OCH3 is 1. The topological polar surface area (TPSA) is 64.1 Å². The van der Waals surface area contributed by atoms with Crippen molar-refractivity contribution in [2.75, 3.05) is 7.11 Å². The Morgan fingerprint density at radius 3 is 2.81 bits per heavy atom. The second kappa shape index (κ2) is 7.28. The van der Waals surface area contributed by atoms with Crippen molar-refractivity contribution in [3.05, 3.63) is 57.6 Å². The normalized spacial score (nSPS) is 10.4. The molecule has 0 aliphatic carbocycles. The number of ether oxygens (including phenoxy) is 1. The van der Waals surface area contributed by atoms with Crippen LogP contribution in [0.2, 0.25) is 0 Å². The summed E-state index contributed by atoms with van der Waals surface area (Å²) < 4.78 is 5.56. The third kappa shape index (κ3) is 4.34. The molecule has 0 atom stereocenters. The van der Waals surface area contributed by atoms with Crippen LogP contribution < -0.4 is 5.32 Å². The van der Waals surface area contributed by atoms with Gasteiger partial charge in [-0.3, -0.25) is 0 Å². The lowest BCUT2D eigenvalue weighted by atomic mass is 10.1. The number of nitrogens with zero attached hydrogens (tertiary/aromatic N) is 2. The molecule has 0 unspecified atom stereocenters. The lowest BCUT2D eigenvalue weighted by Crippen LogP contribution is -2.14. The number of hydrogen-bond donors (Lipinski definition) is 1. The van der Waals surface area contributed by atoms with Gasteiger partial charge in [0.1, 0.15) is 5.82 Å². The number of nitrogens with one attached hydrogen (secondary N) is 1. The summed E-state index contributed by atoms with van der Waals surface area (Å²) in [5.41, 5.74) is 2.54. The third-order valence-electron chi connectivity index (χ3n) is 2.93. The van der Waals surface area contributed by atoms with E-state index in [1.165, 1.54) is 7.11 Å². The van der Waals surface area contributed by atoms with E-state index in [-0.39, 0.29) is 5.97 Å². The highest BCUT2D eigenvalue weighted by molar-refractivity contribution is 9.10. The molecule has 0 amide bonds. The lowest BCUT2D eigenvalue weighted by Gasteiger charge is -2.08. The monoisotopic (exact) mass is 349 g/mol. The molecule has 1 aromatic heterocycles. The number of carbonyl (C=O) groups is 1. The van der Waals surface area contributed by atoms with Gasteiger partial charge >= 0.3 is 5.97 Å². The Labute approximate surface area is 131 Å². The Morgan fingerprint density at radius 1 is 1.33 bits per heavy atom. The maximum absolute atomic E-state index is 11.4. The second-order valence-electron chi connectivity index (χ2n) is 4.50. The Hall–Kier alpha value is -1.79. The van der Waals surface area contributed by atoms with Crippen LogP contribution in [0, 0.1) is 6.92 Å². The highest BCUT2D eigenvalue weighted by Gasteiger charge is 2.08. The molecule has 1 N–H and O–H groups in total. The van der Waals surface area contributed by atoms with Crippen LogP contribution in [0.1, 0.15) is 27.4 Å². The number of esters is 1. The molecule has 0 fully saturated rings. The number of rotatable bonds is 5. The third-order valence-corrected chi connectivity index (χ3v) is 3.67. The molecule has 0 bridgehead atoms. The quantitative estimate of drug-likeness (QED) is 0.840. The van der Waals surface area contributed by atoms with Gasteiger partial charge < -0.3 is 10.1 Å². The van der Waals surface area contributed by atoms with Crippen molar-refractivity contribution in [3.8, 4) is 0 Å². The summed E-state index contributed by atoms with van der Waals surface area (Å²) in [7, 11) is 1.37. The van der Waals surface area contributed by atoms with Crippen molar-refractivity contribution in [2.24, 2.45) is 0 Å². The van der Waals surface area contributed by atoms with Crippen molar-refractivity contribution >= 4 is 21.9 Å². The Bertz CT molecular complexity index is 647. The zero-order valence-electron chi connectivity index (χ0n) is 11.9. The van der Waals surface area contributed by atoms with Crippen LogP contribution in [0.25, 0.3) is 0 Å². The van der Waals surface area contributed by atoms with Gasteiger partial charge in [0.25, 0.3) is 0 Å². The molecule has 1 aromatic carbocycles. The molecule has 1 heterocycles. The maximum Gasteiger partial charge on any atom is 0.337 e. The number of hydrogen-bond acceptors (Lipinski definition) is 5. The first-order chi connectivity index (χ1) is 10.1. The first-order valence-electron chi connectivity index (χ1n) is 6.46. The minimum Gasteiger partial charge on any atom is -0.465 e. The van der Waals surface area contributed by atoms with E-state index in [0.717, 1.165) is 21.6 Å². The van der Waals surface area contributed by atoms with Crippen molar-refractivity contribution < 1.29 is 9.53 Å². The zero-order valence-corrected chi connectivity index (χ0v) is 13.5. The summed E-state index contributed by atoms with van der Waals surface area (Å²) in [5, 5.41) is 3.31. The van der Waals surface area contributed by atoms with Crippen molar-refractivity contribution in [2.45, 2.75) is 20.0 Å². The van der Waals surface area contributed by atoms with E-state index in [4.69, 9.17) is 4.74 Å². The van der Waals surface area contributed by atoms with Gasteiger partial charge in [0.2, 0.25) is 0 Å². The van der Waals surface area contributed by atoms with Gasteiger partial charge in [-0.1, -0.05) is 22.0 Å². The summed E-state index contributed by atoms with van der Waals surface area (Å²) in [4.78, 5) is 19.8. The van der Waals surface area contributed by atoms with Crippen molar-refractivity contribution in [3.63, 3.8) is 0 Å². The molecule has 5 nitrogen and oxygen atoms in total. The molecule has 0 aliphatic rings. The summed E-state index contributed by atoms with van der Waals surface area (Å²) in [6.45, 7) is 3.20. The zero-order chi connectivity index (χ0) is 15.2. The fraction of sp³-hybridized carbons (Fsp3) is 0.267. The van der Waals surface area contributed by atoms with E-state index in [2.05, 4.69) is 31.2 Å². The van der Waals surface area contributed by atoms with Crippen LogP contribution in [0.5, 0.6) is 0 Å². The van der Waals surface area contributed by atoms with E-state index in [1.54, 1.807) is 18.3 Å². The molecular weight excluding hydrogens is 334 g/mol. The molecular formula is C15H16BrN3O2. The first kappa shape index (κ1) is 15.6. The number of carbonyl (C=O) groups excluding carboxylic acids is 1. The van der Waals surface area contributed by atoms with E-state index in [0.29, 0.717) is 18.7 Å². The predicted molar refractivity (Wildman–Crippen MR) is 82.8 cm³/mol. The van der Waals surface area contributed by atoms with Gasteiger partial charge in [-0.2, -0.15) is 0 Å². The summed E-state index contributed by atoms with van der Waals surface area (Å²) in [5.74, 6) is 0.421. The molecule has 2 aromatic rings. The first-order valence-corrected chi connectivity index (χ1v) is 7.25. The molecule has 0 saturated heterocycles. The average Bonchev–Trinajstić information content (AvgIpc) is 2.48. The van der Waals surface area contributed by atoms with Crippen LogP contribution in [0.15, 0.2) is 34.9 Å². The fourth-order valence-electron chi connectivity index (χ4n) is 1.86. The highest BCUT2D eigenvalue weighted by atomic mass is 79.9. The highest BCUT2D eigenvalue weighted by Crippen LogP contribution is 2.19. The largest absolute Gasteiger partial charge is 0.465 e. The minimum atomic E-state index is -0.341. The average molecular weight is 350 g/mol. The molecule has 110 valence electrons. The van der Waals surface area contributed by atoms with Crippen LogP contribution in [0.4, 0.5) is 0 Å². The van der Waals surface area contributed by atoms with Crippen LogP contribution >= 0.6 is 15.9 Å². The smallest absolute Gasteiger partial charge is 0.337 e. The number of halogens is 1. The Kier molecular flexibility index (Phi) is 5.41. The van der Waals surface area contributed by atoms with Gasteiger partial charge in [0.05, 0.1) is 18.4 Å². The van der Waals surface area contributed by atoms with E-state index in [1.807, 2.05) is 19.1 Å². The van der Waals surface area contributed by atoms with Gasteiger partial charge in [-0.15, -0.1) is 0 Å². The van der Waals surface area contributed by atoms with E-state index < -0.39 is 0 Å². The Morgan fingerprint density at radius 2 is 2.14 bits per heavy atom. The van der Waals surface area contributed by atoms with E-state index >= 15 is 0 Å². The summed E-state index contributed by atoms with van der Waals surface area (Å²) in [6.07, 6.45) is 1.75. The molecule has 0 spiro atoms. The van der Waals surface area contributed by atoms with Gasteiger partial charge in [-0.05, 0) is 30.7 Å². The molecule has 6 heteroatoms. The number of aromatic nitrogens is 2. The molecule has 0 radical (unpaired) electrons. The number of benzene rings is 1. The SMILES string of the molecule is COC(=O)c1ccc(CNCc2ccnc(C)n2)c(Br)c1. The molecule has 21 heavy (non-hydrogen) atoms. The predicted octanol–water partition coefficient (Wildman–Crippen LogP) is 2.62. The van der Waals surface area contributed by atoms with Gasteiger partial charge in [0, 0.05) is 23.8 Å². The number of aryl methyl sites for hydroxylation is 1. The summed E-state index contributed by atoms with van der Waals surface area (Å²) >= 11 is 3.47. The van der Waals surface area contributed by atoms with Crippen LogP contribution in [0.3, 0.4) is 0 Å². The summed E-state index contributed by atoms with van der Waals surface area (Å²) in [6, 6.07) is 7.30. The minimum absolute atomic E-state index is 0.341. The van der Waals surface area contributed by atoms with Crippen molar-refractivity contribution in [1.29, 1.82) is 0 Å². The molecule has 0 aliphatic heterocycles. The van der Waals surface area contributed by atoms with Crippen LogP contribution in [-0.2, 0) is 17.8 Å². The van der Waals surface area contributed by atoms with Crippen molar-refractivity contribution in [1.82, 2.24) is 15.3 Å².